The van der Waals surface area contributed by atoms with E-state index < -0.39 is 0 Å². The second-order valence-corrected chi connectivity index (χ2v) is 4.07. The molecule has 0 radical (unpaired) electrons. The molecule has 0 atom stereocenters. The van der Waals surface area contributed by atoms with Crippen molar-refractivity contribution in [3.63, 3.8) is 0 Å². The summed E-state index contributed by atoms with van der Waals surface area (Å²) in [5.41, 5.74) is 2.79. The minimum Gasteiger partial charge on any atom is -0.342 e. The van der Waals surface area contributed by atoms with Crippen molar-refractivity contribution in [2.75, 3.05) is 0 Å². The lowest BCUT2D eigenvalue weighted by Gasteiger charge is -1.85. The minimum atomic E-state index is 0.356. The van der Waals surface area contributed by atoms with Gasteiger partial charge in [0, 0.05) is 6.20 Å². The van der Waals surface area contributed by atoms with E-state index in [1.165, 1.54) is 11.3 Å². The zero-order valence-electron chi connectivity index (χ0n) is 8.41. The highest BCUT2D eigenvalue weighted by atomic mass is 32.1. The molecule has 3 rings (SSSR count). The highest BCUT2D eigenvalue weighted by molar-refractivity contribution is 7.13. The SMILES string of the molecule is N#Cc1ccc(-c2nc(-c3cncs3)no2)[nH]1. The fourth-order valence-corrected chi connectivity index (χ4v) is 1.89. The van der Waals surface area contributed by atoms with E-state index in [4.69, 9.17) is 9.78 Å². The molecule has 3 aromatic rings. The van der Waals surface area contributed by atoms with Crippen LogP contribution in [-0.2, 0) is 0 Å². The molecule has 7 heteroatoms. The molecule has 1 N–H and O–H groups in total. The van der Waals surface area contributed by atoms with Gasteiger partial charge in [0.2, 0.25) is 5.82 Å². The average Bonchev–Trinajstić information content (AvgIpc) is 3.09. The second-order valence-electron chi connectivity index (χ2n) is 3.19. The van der Waals surface area contributed by atoms with Crippen molar-refractivity contribution in [1.82, 2.24) is 20.1 Å². The fourth-order valence-electron chi connectivity index (χ4n) is 1.34. The predicted molar refractivity (Wildman–Crippen MR) is 59.9 cm³/mol. The molecule has 17 heavy (non-hydrogen) atoms. The van der Waals surface area contributed by atoms with Crippen LogP contribution in [0.2, 0.25) is 0 Å². The van der Waals surface area contributed by atoms with Gasteiger partial charge in [-0.3, -0.25) is 4.98 Å². The molecule has 3 aromatic heterocycles. The van der Waals surface area contributed by atoms with Gasteiger partial charge in [-0.25, -0.2) is 0 Å². The first-order valence-corrected chi connectivity index (χ1v) is 5.57. The molecule has 0 aromatic carbocycles. The van der Waals surface area contributed by atoms with Crippen molar-refractivity contribution in [3.05, 3.63) is 29.5 Å². The summed E-state index contributed by atoms with van der Waals surface area (Å²) < 4.78 is 5.11. The summed E-state index contributed by atoms with van der Waals surface area (Å²) in [6, 6.07) is 5.38. The van der Waals surface area contributed by atoms with Crippen molar-refractivity contribution in [2.45, 2.75) is 0 Å². The van der Waals surface area contributed by atoms with Gasteiger partial charge in [-0.05, 0) is 12.1 Å². The molecule has 0 saturated heterocycles. The van der Waals surface area contributed by atoms with Gasteiger partial charge in [0.15, 0.2) is 0 Å². The molecule has 82 valence electrons. The van der Waals surface area contributed by atoms with Crippen LogP contribution < -0.4 is 0 Å². The lowest BCUT2D eigenvalue weighted by molar-refractivity contribution is 0.431. The Bertz CT molecular complexity index is 676. The van der Waals surface area contributed by atoms with Gasteiger partial charge >= 0.3 is 0 Å². The average molecular weight is 243 g/mol. The standard InChI is InChI=1S/C10H5N5OS/c11-3-6-1-2-7(13-6)10-14-9(15-16-10)8-4-12-5-17-8/h1-2,4-5,13H. The number of hydrogen-bond acceptors (Lipinski definition) is 6. The largest absolute Gasteiger partial charge is 0.342 e. The Morgan fingerprint density at radius 3 is 3.06 bits per heavy atom. The number of rotatable bonds is 2. The van der Waals surface area contributed by atoms with Gasteiger partial charge in [0.25, 0.3) is 5.89 Å². The summed E-state index contributed by atoms with van der Waals surface area (Å²) in [7, 11) is 0. The smallest absolute Gasteiger partial charge is 0.274 e. The first-order valence-electron chi connectivity index (χ1n) is 4.69. The molecule has 0 amide bonds. The molecule has 0 saturated carbocycles. The molecule has 0 spiro atoms. The number of nitrogens with one attached hydrogen (secondary N) is 1. The van der Waals surface area contributed by atoms with Gasteiger partial charge in [0.1, 0.15) is 17.5 Å². The van der Waals surface area contributed by atoms with Gasteiger partial charge in [-0.15, -0.1) is 11.3 Å². The van der Waals surface area contributed by atoms with Crippen molar-refractivity contribution in [2.24, 2.45) is 0 Å². The van der Waals surface area contributed by atoms with Crippen molar-refractivity contribution < 1.29 is 4.52 Å². The fraction of sp³-hybridized carbons (Fsp3) is 0. The number of H-pyrrole nitrogens is 1. The summed E-state index contributed by atoms with van der Waals surface area (Å²) in [6.45, 7) is 0. The van der Waals surface area contributed by atoms with E-state index >= 15 is 0 Å². The molecule has 3 heterocycles. The van der Waals surface area contributed by atoms with Crippen molar-refractivity contribution in [1.29, 1.82) is 5.26 Å². The molecule has 6 nitrogen and oxygen atoms in total. The maximum absolute atomic E-state index is 8.70. The molecule has 0 fully saturated rings. The van der Waals surface area contributed by atoms with E-state index in [-0.39, 0.29) is 0 Å². The number of hydrogen-bond donors (Lipinski definition) is 1. The highest BCUT2D eigenvalue weighted by Crippen LogP contribution is 2.23. The topological polar surface area (TPSA) is 91.4 Å². The van der Waals surface area contributed by atoms with E-state index in [0.717, 1.165) is 4.88 Å². The Hall–Kier alpha value is -2.46. The Kier molecular flexibility index (Phi) is 2.20. The van der Waals surface area contributed by atoms with Crippen molar-refractivity contribution >= 4 is 11.3 Å². The molecule has 0 aliphatic carbocycles. The van der Waals surface area contributed by atoms with E-state index in [2.05, 4.69) is 20.1 Å². The summed E-state index contributed by atoms with van der Waals surface area (Å²) in [5.74, 6) is 0.852. The van der Waals surface area contributed by atoms with Gasteiger partial charge in [-0.1, -0.05) is 5.16 Å². The van der Waals surface area contributed by atoms with Crippen LogP contribution >= 0.6 is 11.3 Å². The third kappa shape index (κ3) is 1.70. The third-order valence-electron chi connectivity index (χ3n) is 2.12. The van der Waals surface area contributed by atoms with Crippen LogP contribution in [0.5, 0.6) is 0 Å². The van der Waals surface area contributed by atoms with Crippen LogP contribution in [0.1, 0.15) is 5.69 Å². The number of nitriles is 1. The Morgan fingerprint density at radius 2 is 2.35 bits per heavy atom. The maximum Gasteiger partial charge on any atom is 0.274 e. The molecule has 0 aliphatic heterocycles. The predicted octanol–water partition coefficient (Wildman–Crippen LogP) is 2.06. The number of thiazole rings is 1. The minimum absolute atomic E-state index is 0.356. The first-order chi connectivity index (χ1) is 8.36. The lowest BCUT2D eigenvalue weighted by Crippen LogP contribution is -1.79. The van der Waals surface area contributed by atoms with Crippen LogP contribution in [0.3, 0.4) is 0 Å². The summed E-state index contributed by atoms with van der Waals surface area (Å²) in [4.78, 5) is 11.9. The Morgan fingerprint density at radius 1 is 1.41 bits per heavy atom. The van der Waals surface area contributed by atoms with Gasteiger partial charge in [0.05, 0.1) is 10.4 Å². The quantitative estimate of drug-likeness (QED) is 0.743. The molecule has 0 unspecified atom stereocenters. The molecule has 0 bridgehead atoms. The number of aromatic amines is 1. The normalized spacial score (nSPS) is 10.3. The zero-order chi connectivity index (χ0) is 11.7. The summed E-state index contributed by atoms with van der Waals surface area (Å²) >= 11 is 1.44. The van der Waals surface area contributed by atoms with E-state index in [9.17, 15) is 0 Å². The number of nitrogens with zero attached hydrogens (tertiary/aromatic N) is 4. The lowest BCUT2D eigenvalue weighted by atomic mass is 10.4. The zero-order valence-corrected chi connectivity index (χ0v) is 9.23. The third-order valence-corrected chi connectivity index (χ3v) is 2.88. The Labute approximate surface area is 99.6 Å². The highest BCUT2D eigenvalue weighted by Gasteiger charge is 2.12. The van der Waals surface area contributed by atoms with E-state index in [0.29, 0.717) is 23.1 Å². The van der Waals surface area contributed by atoms with Crippen LogP contribution in [-0.4, -0.2) is 20.1 Å². The summed E-state index contributed by atoms with van der Waals surface area (Å²) in [5, 5.41) is 12.6. The first kappa shape index (κ1) is 9.74. The molecule has 0 aliphatic rings. The second kappa shape index (κ2) is 3.84. The van der Waals surface area contributed by atoms with Crippen LogP contribution in [0, 0.1) is 11.3 Å². The van der Waals surface area contributed by atoms with Crippen LogP contribution in [0.25, 0.3) is 22.3 Å². The van der Waals surface area contributed by atoms with Crippen LogP contribution in [0.4, 0.5) is 0 Å². The Balaban J connectivity index is 1.98. The van der Waals surface area contributed by atoms with Gasteiger partial charge < -0.3 is 9.51 Å². The molecular weight excluding hydrogens is 238 g/mol. The van der Waals surface area contributed by atoms with Crippen LogP contribution in [0.15, 0.2) is 28.4 Å². The number of aromatic nitrogens is 4. The van der Waals surface area contributed by atoms with Crippen molar-refractivity contribution in [3.8, 4) is 28.4 Å². The van der Waals surface area contributed by atoms with E-state index in [1.807, 2.05) is 6.07 Å². The van der Waals surface area contributed by atoms with Gasteiger partial charge in [-0.2, -0.15) is 10.2 Å². The maximum atomic E-state index is 8.70. The molecular formula is C10H5N5OS. The summed E-state index contributed by atoms with van der Waals surface area (Å²) in [6.07, 6.45) is 1.68. The monoisotopic (exact) mass is 243 g/mol. The van der Waals surface area contributed by atoms with E-state index in [1.54, 1.807) is 23.8 Å².